The average molecular weight is 951 g/mol. The van der Waals surface area contributed by atoms with Crippen LogP contribution in [-0.2, 0) is 82.9 Å². The molecule has 0 unspecified atom stereocenters. The quantitative estimate of drug-likeness (QED) is 0.0251. The molecule has 0 aromatic heterocycles. The molecule has 0 spiro atoms. The zero-order chi connectivity index (χ0) is 50.8. The predicted molar refractivity (Wildman–Crippen MR) is 264 cm³/mol. The summed E-state index contributed by atoms with van der Waals surface area (Å²) in [4.78, 5) is 75.0. The Kier molecular flexibility index (Phi) is 24.5. The van der Waals surface area contributed by atoms with E-state index in [4.69, 9.17) is 23.7 Å². The van der Waals surface area contributed by atoms with E-state index < -0.39 is 73.9 Å². The predicted octanol–water partition coefficient (Wildman–Crippen LogP) is 9.90. The number of carbonyl (C=O) groups is 6. The average Bonchev–Trinajstić information content (AvgIpc) is 3.34. The van der Waals surface area contributed by atoms with Gasteiger partial charge in [0, 0.05) is 22.3 Å². The maximum atomic E-state index is 13.0. The summed E-state index contributed by atoms with van der Waals surface area (Å²) in [5, 5.41) is 0. The minimum absolute atomic E-state index is 0.0736. The summed E-state index contributed by atoms with van der Waals surface area (Å²) in [5.74, 6) is -4.26. The molecule has 13 heteroatoms. The van der Waals surface area contributed by atoms with Gasteiger partial charge in [0.15, 0.2) is 0 Å². The van der Waals surface area contributed by atoms with Crippen LogP contribution in [0.5, 0.6) is 5.75 Å². The maximum Gasteiger partial charge on any atom is 0.333 e. The van der Waals surface area contributed by atoms with Gasteiger partial charge in [-0.2, -0.15) is 0 Å². The van der Waals surface area contributed by atoms with Gasteiger partial charge in [-0.05, 0) is 97.9 Å². The van der Waals surface area contributed by atoms with Gasteiger partial charge in [-0.3, -0.25) is 9.59 Å². The van der Waals surface area contributed by atoms with E-state index in [1.54, 1.807) is 13.0 Å². The second-order valence-electron chi connectivity index (χ2n) is 17.4. The minimum Gasteiger partial charge on any atom is -0.492 e. The molecule has 0 heterocycles. The number of ether oxygens (including phenoxy) is 7. The Balaban J connectivity index is 1.90. The van der Waals surface area contributed by atoms with Crippen LogP contribution in [0.1, 0.15) is 101 Å². The summed E-state index contributed by atoms with van der Waals surface area (Å²) in [7, 11) is 2.29. The normalized spacial score (nSPS) is 10.9. The van der Waals surface area contributed by atoms with Crippen LogP contribution < -0.4 is 4.74 Å². The molecule has 3 aromatic rings. The minimum atomic E-state index is -1.56. The fourth-order valence-corrected chi connectivity index (χ4v) is 6.95. The summed E-state index contributed by atoms with van der Waals surface area (Å²) < 4.78 is 37.9. The Hall–Kier alpha value is -6.76. The molecule has 0 saturated carbocycles. The first kappa shape index (κ1) is 56.6. The van der Waals surface area contributed by atoms with Gasteiger partial charge in [-0.25, -0.2) is 19.2 Å². The third-order valence-electron chi connectivity index (χ3n) is 11.2. The molecular weight excluding hydrogens is 881 g/mol. The van der Waals surface area contributed by atoms with Crippen LogP contribution in [0.2, 0.25) is 0 Å². The molecule has 0 aliphatic heterocycles. The number of hydrogen-bond donors (Lipinski definition) is 0. The van der Waals surface area contributed by atoms with Crippen molar-refractivity contribution in [1.82, 2.24) is 0 Å². The van der Waals surface area contributed by atoms with E-state index in [1.165, 1.54) is 62.1 Å². The van der Waals surface area contributed by atoms with Gasteiger partial charge < -0.3 is 33.2 Å². The molecule has 0 radical (unpaired) electrons. The van der Waals surface area contributed by atoms with Crippen LogP contribution in [0, 0.1) is 5.41 Å². The Morgan fingerprint density at radius 3 is 1.48 bits per heavy atom. The molecule has 0 atom stereocenters. The number of benzene rings is 3. The first-order valence-electron chi connectivity index (χ1n) is 23.4. The molecule has 0 aliphatic rings. The zero-order valence-corrected chi connectivity index (χ0v) is 41.2. The van der Waals surface area contributed by atoms with E-state index in [9.17, 15) is 28.8 Å². The smallest absolute Gasteiger partial charge is 0.333 e. The highest BCUT2D eigenvalue weighted by Gasteiger charge is 2.38. The zero-order valence-electron chi connectivity index (χ0n) is 41.2. The lowest BCUT2D eigenvalue weighted by Crippen LogP contribution is -2.44. The van der Waals surface area contributed by atoms with Gasteiger partial charge in [-0.1, -0.05) is 120 Å². The second-order valence-corrected chi connectivity index (χ2v) is 17.4. The highest BCUT2D eigenvalue weighted by atomic mass is 16.6. The fourth-order valence-electron chi connectivity index (χ4n) is 6.95. The summed E-state index contributed by atoms with van der Waals surface area (Å²) in [6.45, 7) is 17.9. The first-order chi connectivity index (χ1) is 33.0. The Morgan fingerprint density at radius 2 is 0.957 bits per heavy atom. The number of hydrogen-bond acceptors (Lipinski definition) is 13. The number of aryl methyl sites for hydroxylation is 4. The van der Waals surface area contributed by atoms with Gasteiger partial charge in [0.1, 0.15) is 37.6 Å². The van der Waals surface area contributed by atoms with Crippen molar-refractivity contribution in [2.24, 2.45) is 5.41 Å². The van der Waals surface area contributed by atoms with Crippen molar-refractivity contribution in [2.45, 2.75) is 104 Å². The van der Waals surface area contributed by atoms with Crippen LogP contribution in [0.4, 0.5) is 0 Å². The van der Waals surface area contributed by atoms with Crippen LogP contribution in [-0.4, -0.2) is 83.1 Å². The van der Waals surface area contributed by atoms with E-state index in [2.05, 4.69) is 91.2 Å². The Labute approximate surface area is 407 Å². The van der Waals surface area contributed by atoms with Crippen molar-refractivity contribution in [3.63, 3.8) is 0 Å². The Bertz CT molecular complexity index is 2210. The lowest BCUT2D eigenvalue weighted by atomic mass is 9.91. The van der Waals surface area contributed by atoms with Gasteiger partial charge in [0.05, 0.1) is 33.7 Å². The molecule has 0 amide bonds. The summed E-state index contributed by atoms with van der Waals surface area (Å²) >= 11 is 0. The van der Waals surface area contributed by atoms with Crippen molar-refractivity contribution < 1.29 is 61.9 Å². The number of methoxy groups -OCH3 is 2. The highest BCUT2D eigenvalue weighted by Crippen LogP contribution is 2.31. The summed E-state index contributed by atoms with van der Waals surface area (Å²) in [6, 6.07) is 23.0. The van der Waals surface area contributed by atoms with Gasteiger partial charge in [-0.15, -0.1) is 0 Å². The third kappa shape index (κ3) is 20.6. The molecule has 3 rings (SSSR count). The first-order valence-corrected chi connectivity index (χ1v) is 23.4. The molecular formula is C56H70O13. The van der Waals surface area contributed by atoms with E-state index in [0.29, 0.717) is 18.6 Å². The van der Waals surface area contributed by atoms with E-state index in [0.717, 1.165) is 50.2 Å². The second kappa shape index (κ2) is 29.9. The lowest BCUT2D eigenvalue weighted by Gasteiger charge is -2.32. The molecule has 3 aromatic carbocycles. The summed E-state index contributed by atoms with van der Waals surface area (Å²) in [5.41, 5.74) is 4.91. The summed E-state index contributed by atoms with van der Waals surface area (Å²) in [6.07, 6.45) is 10.4. The van der Waals surface area contributed by atoms with E-state index >= 15 is 0 Å². The molecule has 0 fully saturated rings. The molecule has 372 valence electrons. The standard InChI is InChI=1S/C56H70O13/c1-10-11-12-13-14-15-17-43-19-21-44(22-20-43)23-24-45-25-27-46(28-26-45)47-29-30-49(48(34-47)18-16-31-65-52(59)39(2)3)66-35-56(38-69-53(60)40(4)5,36-67-50(57)32-41(6)54(61)63-8)37-68-51(58)33-42(7)55(62)64-9/h19-22,25-30,34H,2,4,6-7,10-18,23-24,31-33,35-38H2,1,3,5,8-9H3. The molecule has 13 nitrogen and oxygen atoms in total. The number of esters is 6. The molecule has 0 saturated heterocycles. The van der Waals surface area contributed by atoms with Crippen molar-refractivity contribution in [2.75, 3.05) is 47.3 Å². The molecule has 69 heavy (non-hydrogen) atoms. The van der Waals surface area contributed by atoms with Gasteiger partial charge >= 0.3 is 35.8 Å². The van der Waals surface area contributed by atoms with Crippen molar-refractivity contribution in [1.29, 1.82) is 0 Å². The largest absolute Gasteiger partial charge is 0.492 e. The molecule has 0 bridgehead atoms. The molecule has 0 N–H and O–H groups in total. The highest BCUT2D eigenvalue weighted by molar-refractivity contribution is 5.94. The lowest BCUT2D eigenvalue weighted by molar-refractivity contribution is -0.163. The van der Waals surface area contributed by atoms with Gasteiger partial charge in [0.2, 0.25) is 0 Å². The molecule has 0 aliphatic carbocycles. The van der Waals surface area contributed by atoms with Crippen LogP contribution in [0.25, 0.3) is 11.1 Å². The number of unbranched alkanes of at least 4 members (excludes halogenated alkanes) is 5. The topological polar surface area (TPSA) is 167 Å². The van der Waals surface area contributed by atoms with E-state index in [1.807, 2.05) is 12.1 Å². The van der Waals surface area contributed by atoms with Crippen molar-refractivity contribution in [3.8, 4) is 16.9 Å². The van der Waals surface area contributed by atoms with Gasteiger partial charge in [0.25, 0.3) is 0 Å². The van der Waals surface area contributed by atoms with E-state index in [-0.39, 0.29) is 35.5 Å². The number of carbonyl (C=O) groups excluding carboxylic acids is 6. The van der Waals surface area contributed by atoms with Crippen LogP contribution >= 0.6 is 0 Å². The monoisotopic (exact) mass is 950 g/mol. The van der Waals surface area contributed by atoms with Crippen LogP contribution in [0.3, 0.4) is 0 Å². The SMILES string of the molecule is C=C(C)C(=O)OCCCc1cc(-c2ccc(CCc3ccc(CCCCCCCC)cc3)cc2)ccc1OCC(COC(=O)CC(=C)C(=O)OC)(COC(=O)CC(=C)C(=O)OC)COC(=O)C(=C)C. The Morgan fingerprint density at radius 1 is 0.493 bits per heavy atom. The maximum absolute atomic E-state index is 13.0. The van der Waals surface area contributed by atoms with Crippen molar-refractivity contribution >= 4 is 35.8 Å². The third-order valence-corrected chi connectivity index (χ3v) is 11.2. The fraction of sp³-hybridized carbons (Fsp3) is 0.429. The van der Waals surface area contributed by atoms with Crippen molar-refractivity contribution in [3.05, 3.63) is 138 Å². The number of rotatable bonds is 32. The van der Waals surface area contributed by atoms with Crippen LogP contribution in [0.15, 0.2) is 115 Å².